The molecule has 1 aromatic heterocycles. The van der Waals surface area contributed by atoms with Crippen molar-refractivity contribution in [3.8, 4) is 0 Å². The Morgan fingerprint density at radius 2 is 1.69 bits per heavy atom. The fraction of sp³-hybridized carbons (Fsp3) is 0.333. The quantitative estimate of drug-likeness (QED) is 0.518. The van der Waals surface area contributed by atoms with Gasteiger partial charge in [-0.15, -0.1) is 11.3 Å². The third-order valence-electron chi connectivity index (χ3n) is 5.21. The second-order valence-corrected chi connectivity index (χ2v) is 8.31. The molecule has 29 heavy (non-hydrogen) atoms. The maximum absolute atomic E-state index is 14.5. The molecule has 0 saturated carbocycles. The summed E-state index contributed by atoms with van der Waals surface area (Å²) >= 11 is 1.50. The average Bonchev–Trinajstić information content (AvgIpc) is 3.11. The largest absolute Gasteiger partial charge is 0.394 e. The van der Waals surface area contributed by atoms with Gasteiger partial charge in [0.05, 0.1) is 6.61 Å². The lowest BCUT2D eigenvalue weighted by atomic mass is 9.90. The predicted molar refractivity (Wildman–Crippen MR) is 104 cm³/mol. The van der Waals surface area contributed by atoms with E-state index < -0.39 is 48.8 Å². The van der Waals surface area contributed by atoms with E-state index in [9.17, 15) is 29.2 Å². The van der Waals surface area contributed by atoms with Gasteiger partial charge in [-0.1, -0.05) is 18.2 Å². The predicted octanol–water partition coefficient (Wildman–Crippen LogP) is 2.29. The smallest absolute Gasteiger partial charge is 0.132 e. The second-order valence-electron chi connectivity index (χ2n) is 7.14. The van der Waals surface area contributed by atoms with Crippen LogP contribution in [0.15, 0.2) is 42.5 Å². The molecule has 1 saturated heterocycles. The zero-order valence-corrected chi connectivity index (χ0v) is 16.0. The molecule has 0 spiro atoms. The topological polar surface area (TPSA) is 90.2 Å². The van der Waals surface area contributed by atoms with Crippen LogP contribution >= 0.6 is 11.3 Å². The second kappa shape index (κ2) is 8.06. The Labute approximate surface area is 169 Å². The molecule has 8 heteroatoms. The zero-order chi connectivity index (χ0) is 20.7. The number of aliphatic hydroxyl groups is 4. The Morgan fingerprint density at radius 1 is 0.931 bits per heavy atom. The van der Waals surface area contributed by atoms with Gasteiger partial charge in [-0.25, -0.2) is 8.78 Å². The highest BCUT2D eigenvalue weighted by Crippen LogP contribution is 2.35. The molecular weight excluding hydrogens is 402 g/mol. The molecular formula is C21H20F2O5S. The molecule has 0 aliphatic carbocycles. The minimum Gasteiger partial charge on any atom is -0.394 e. The number of benzene rings is 2. The molecule has 0 radical (unpaired) electrons. The van der Waals surface area contributed by atoms with E-state index in [0.29, 0.717) is 0 Å². The Kier molecular flexibility index (Phi) is 5.65. The van der Waals surface area contributed by atoms with Gasteiger partial charge in [0.1, 0.15) is 42.2 Å². The summed E-state index contributed by atoms with van der Waals surface area (Å²) in [5.74, 6) is -1.67. The molecule has 0 amide bonds. The lowest BCUT2D eigenvalue weighted by Crippen LogP contribution is -2.55. The van der Waals surface area contributed by atoms with Crippen LogP contribution in [0.2, 0.25) is 0 Å². The summed E-state index contributed by atoms with van der Waals surface area (Å²) in [6.45, 7) is -0.626. The number of rotatable bonds is 4. The summed E-state index contributed by atoms with van der Waals surface area (Å²) in [4.78, 5) is 0.886. The van der Waals surface area contributed by atoms with Gasteiger partial charge >= 0.3 is 0 Å². The van der Waals surface area contributed by atoms with Crippen LogP contribution in [0, 0.1) is 11.6 Å². The average molecular weight is 422 g/mol. The lowest BCUT2D eigenvalue weighted by Gasteiger charge is -2.40. The highest BCUT2D eigenvalue weighted by molar-refractivity contribution is 7.19. The van der Waals surface area contributed by atoms with Crippen molar-refractivity contribution in [1.82, 2.24) is 0 Å². The molecule has 3 aromatic rings. The number of fused-ring (bicyclic) bond motifs is 1. The fourth-order valence-corrected chi connectivity index (χ4v) is 4.72. The van der Waals surface area contributed by atoms with Crippen LogP contribution in [0.25, 0.3) is 10.1 Å². The Morgan fingerprint density at radius 3 is 2.41 bits per heavy atom. The van der Waals surface area contributed by atoms with Crippen molar-refractivity contribution in [2.45, 2.75) is 36.9 Å². The Balaban J connectivity index is 1.68. The van der Waals surface area contributed by atoms with Gasteiger partial charge in [0.2, 0.25) is 0 Å². The van der Waals surface area contributed by atoms with Gasteiger partial charge in [-0.05, 0) is 29.1 Å². The molecule has 4 rings (SSSR count). The molecule has 5 atom stereocenters. The molecule has 154 valence electrons. The van der Waals surface area contributed by atoms with E-state index in [4.69, 9.17) is 4.74 Å². The van der Waals surface area contributed by atoms with Crippen LogP contribution in [-0.2, 0) is 11.2 Å². The standard InChI is InChI=1S/C21H20F2O5S/c22-14-8-15(23)13(21-20(27)19(26)18(25)16(9-24)28-21)7-11(14)6-12-5-10-3-1-2-4-17(10)29-12/h1-5,7-8,16,18-21,24-27H,6,9H2/t16?,18-,19?,20-,21?/m1/s1. The Hall–Kier alpha value is -1.94. The minimum atomic E-state index is -1.64. The molecule has 2 heterocycles. The molecule has 3 unspecified atom stereocenters. The van der Waals surface area contributed by atoms with Gasteiger partial charge in [0.15, 0.2) is 0 Å². The van der Waals surface area contributed by atoms with E-state index in [0.717, 1.165) is 21.0 Å². The zero-order valence-electron chi connectivity index (χ0n) is 15.2. The van der Waals surface area contributed by atoms with Crippen molar-refractivity contribution in [2.75, 3.05) is 6.61 Å². The number of hydrogen-bond acceptors (Lipinski definition) is 6. The van der Waals surface area contributed by atoms with Crippen molar-refractivity contribution in [2.24, 2.45) is 0 Å². The maximum Gasteiger partial charge on any atom is 0.132 e. The Bertz CT molecular complexity index is 988. The third-order valence-corrected chi connectivity index (χ3v) is 6.32. The first-order chi connectivity index (χ1) is 13.9. The monoisotopic (exact) mass is 422 g/mol. The molecule has 1 aliphatic heterocycles. The molecule has 1 fully saturated rings. The van der Waals surface area contributed by atoms with Crippen molar-refractivity contribution in [3.63, 3.8) is 0 Å². The van der Waals surface area contributed by atoms with Gasteiger partial charge in [0.25, 0.3) is 0 Å². The van der Waals surface area contributed by atoms with Crippen LogP contribution in [0.1, 0.15) is 22.1 Å². The highest BCUT2D eigenvalue weighted by Gasteiger charge is 2.44. The summed E-state index contributed by atoms with van der Waals surface area (Å²) in [5.41, 5.74) is 0.0735. The SMILES string of the molecule is OCC1OC(c2cc(Cc3cc4ccccc4s3)c(F)cc2F)[C@H](O)C(O)[C@@H]1O. The maximum atomic E-state index is 14.5. The number of ether oxygens (including phenoxy) is 1. The van der Waals surface area contributed by atoms with E-state index in [2.05, 4.69) is 0 Å². The van der Waals surface area contributed by atoms with E-state index >= 15 is 0 Å². The first kappa shape index (κ1) is 20.3. The van der Waals surface area contributed by atoms with Crippen molar-refractivity contribution in [3.05, 3.63) is 70.1 Å². The van der Waals surface area contributed by atoms with Crippen LogP contribution in [0.4, 0.5) is 8.78 Å². The number of aliphatic hydroxyl groups excluding tert-OH is 4. The van der Waals surface area contributed by atoms with E-state index in [1.165, 1.54) is 17.4 Å². The first-order valence-corrected chi connectivity index (χ1v) is 9.96. The van der Waals surface area contributed by atoms with Crippen LogP contribution in [-0.4, -0.2) is 51.4 Å². The van der Waals surface area contributed by atoms with Gasteiger partial charge in [-0.3, -0.25) is 0 Å². The van der Waals surface area contributed by atoms with E-state index in [1.807, 2.05) is 30.3 Å². The first-order valence-electron chi connectivity index (χ1n) is 9.15. The van der Waals surface area contributed by atoms with E-state index in [1.54, 1.807) is 0 Å². The minimum absolute atomic E-state index is 0.139. The van der Waals surface area contributed by atoms with Crippen molar-refractivity contribution in [1.29, 1.82) is 0 Å². The lowest BCUT2D eigenvalue weighted by molar-refractivity contribution is -0.232. The summed E-state index contributed by atoms with van der Waals surface area (Å²) in [6.07, 6.45) is -7.13. The number of halogens is 2. The molecule has 1 aliphatic rings. The fourth-order valence-electron chi connectivity index (χ4n) is 3.64. The van der Waals surface area contributed by atoms with Crippen LogP contribution in [0.5, 0.6) is 0 Å². The van der Waals surface area contributed by atoms with Crippen LogP contribution in [0.3, 0.4) is 0 Å². The van der Waals surface area contributed by atoms with E-state index in [-0.39, 0.29) is 17.5 Å². The van der Waals surface area contributed by atoms with Crippen molar-refractivity contribution < 1.29 is 33.9 Å². The van der Waals surface area contributed by atoms with Gasteiger partial charge in [0, 0.05) is 27.6 Å². The number of thiophene rings is 1. The molecule has 2 aromatic carbocycles. The highest BCUT2D eigenvalue weighted by atomic mass is 32.1. The third kappa shape index (κ3) is 3.79. The summed E-state index contributed by atoms with van der Waals surface area (Å²) in [5, 5.41) is 40.5. The van der Waals surface area contributed by atoms with Gasteiger partial charge < -0.3 is 25.2 Å². The summed E-state index contributed by atoms with van der Waals surface area (Å²) < 4.78 is 35.4. The number of hydrogen-bond donors (Lipinski definition) is 4. The molecule has 4 N–H and O–H groups in total. The summed E-state index contributed by atoms with van der Waals surface area (Å²) in [7, 11) is 0. The van der Waals surface area contributed by atoms with Crippen LogP contribution < -0.4 is 0 Å². The normalized spacial score (nSPS) is 27.4. The van der Waals surface area contributed by atoms with Crippen molar-refractivity contribution >= 4 is 21.4 Å². The summed E-state index contributed by atoms with van der Waals surface area (Å²) in [6, 6.07) is 11.7. The molecule has 0 bridgehead atoms. The van der Waals surface area contributed by atoms with Gasteiger partial charge in [-0.2, -0.15) is 0 Å². The molecule has 5 nitrogen and oxygen atoms in total.